The van der Waals surface area contributed by atoms with Crippen molar-refractivity contribution in [1.82, 2.24) is 0 Å². The highest BCUT2D eigenvalue weighted by atomic mass is 16.5. The summed E-state index contributed by atoms with van der Waals surface area (Å²) in [6, 6.07) is 7.11. The number of anilines is 1. The minimum Gasteiger partial charge on any atom is -0.479 e. The van der Waals surface area contributed by atoms with E-state index in [1.165, 1.54) is 12.0 Å². The first kappa shape index (κ1) is 13.9. The molecule has 0 saturated carbocycles. The molecule has 0 aromatic heterocycles. The van der Waals surface area contributed by atoms with Gasteiger partial charge < -0.3 is 14.4 Å². The summed E-state index contributed by atoms with van der Waals surface area (Å²) in [5.74, 6) is 1.98. The number of para-hydroxylation sites is 2. The average Bonchev–Trinajstić information content (AvgIpc) is 2.86. The molecule has 1 amide bonds. The normalized spacial score (nSPS) is 17.7. The number of rotatable bonds is 4. The zero-order chi connectivity index (χ0) is 14.5. The molecule has 1 aromatic carbocycles. The number of ether oxygens (including phenoxy) is 2. The van der Waals surface area contributed by atoms with E-state index in [1.807, 2.05) is 0 Å². The van der Waals surface area contributed by atoms with Crippen LogP contribution in [0.1, 0.15) is 6.42 Å². The number of hydrogen-bond acceptors (Lipinski definition) is 4. The van der Waals surface area contributed by atoms with Gasteiger partial charge in [0.2, 0.25) is 5.91 Å². The fourth-order valence-corrected chi connectivity index (χ4v) is 2.19. The summed E-state index contributed by atoms with van der Waals surface area (Å²) >= 11 is 0. The van der Waals surface area contributed by atoms with Gasteiger partial charge in [-0.15, -0.1) is 6.42 Å². The minimum atomic E-state index is -0.437. The van der Waals surface area contributed by atoms with Crippen LogP contribution in [0.25, 0.3) is 0 Å². The van der Waals surface area contributed by atoms with E-state index in [0.717, 1.165) is 0 Å². The van der Waals surface area contributed by atoms with Crippen LogP contribution in [0, 0.1) is 18.3 Å². The van der Waals surface area contributed by atoms with Crippen LogP contribution in [-0.2, 0) is 14.3 Å². The smallest absolute Gasteiger partial charge is 0.311 e. The monoisotopic (exact) mass is 273 g/mol. The van der Waals surface area contributed by atoms with Crippen molar-refractivity contribution in [2.75, 3.05) is 25.2 Å². The quantitative estimate of drug-likeness (QED) is 0.611. The number of amides is 1. The molecule has 5 nitrogen and oxygen atoms in total. The number of benzene rings is 1. The van der Waals surface area contributed by atoms with E-state index in [9.17, 15) is 9.59 Å². The number of carbonyl (C=O) groups excluding carboxylic acids is 2. The van der Waals surface area contributed by atoms with Crippen LogP contribution in [-0.4, -0.2) is 32.1 Å². The molecule has 1 aromatic rings. The number of nitrogens with zero attached hydrogens (tertiary/aromatic N) is 1. The molecule has 20 heavy (non-hydrogen) atoms. The standard InChI is InChI=1S/C15H15NO4/c1-3-8-20-13-7-5-4-6-12(13)16-10-11(9-14(16)17)15(18)19-2/h1,4-7,11H,8-10H2,2H3. The summed E-state index contributed by atoms with van der Waals surface area (Å²) in [5, 5.41) is 0. The number of hydrogen-bond donors (Lipinski definition) is 0. The Balaban J connectivity index is 2.22. The molecule has 0 aliphatic carbocycles. The van der Waals surface area contributed by atoms with Crippen LogP contribution in [0.15, 0.2) is 24.3 Å². The van der Waals surface area contributed by atoms with Crippen molar-refractivity contribution < 1.29 is 19.1 Å². The second-order valence-corrected chi connectivity index (χ2v) is 4.39. The third-order valence-corrected chi connectivity index (χ3v) is 3.13. The van der Waals surface area contributed by atoms with Gasteiger partial charge in [0.1, 0.15) is 12.4 Å². The average molecular weight is 273 g/mol. The fourth-order valence-electron chi connectivity index (χ4n) is 2.19. The van der Waals surface area contributed by atoms with Crippen molar-refractivity contribution in [3.8, 4) is 18.1 Å². The molecule has 1 aliphatic rings. The summed E-state index contributed by atoms with van der Waals surface area (Å²) < 4.78 is 10.1. The number of carbonyl (C=O) groups is 2. The Kier molecular flexibility index (Phi) is 4.26. The SMILES string of the molecule is C#CCOc1ccccc1N1CC(C(=O)OC)CC1=O. The van der Waals surface area contributed by atoms with Crippen molar-refractivity contribution in [2.45, 2.75) is 6.42 Å². The predicted octanol–water partition coefficient (Wildman–Crippen LogP) is 1.22. The molecule has 1 aliphatic heterocycles. The lowest BCUT2D eigenvalue weighted by Crippen LogP contribution is -2.26. The van der Waals surface area contributed by atoms with Crippen molar-refractivity contribution >= 4 is 17.6 Å². The Bertz CT molecular complexity index is 561. The second kappa shape index (κ2) is 6.11. The van der Waals surface area contributed by atoms with Gasteiger partial charge in [-0.2, -0.15) is 0 Å². The van der Waals surface area contributed by atoms with Crippen LogP contribution in [0.5, 0.6) is 5.75 Å². The zero-order valence-electron chi connectivity index (χ0n) is 11.2. The predicted molar refractivity (Wildman–Crippen MR) is 73.2 cm³/mol. The summed E-state index contributed by atoms with van der Waals surface area (Å²) in [4.78, 5) is 25.1. The van der Waals surface area contributed by atoms with Crippen molar-refractivity contribution in [1.29, 1.82) is 0 Å². The highest BCUT2D eigenvalue weighted by Crippen LogP contribution is 2.33. The van der Waals surface area contributed by atoms with Crippen LogP contribution in [0.2, 0.25) is 0 Å². The van der Waals surface area contributed by atoms with E-state index in [4.69, 9.17) is 11.2 Å². The minimum absolute atomic E-state index is 0.124. The van der Waals surface area contributed by atoms with E-state index in [2.05, 4.69) is 10.7 Å². The number of methoxy groups -OCH3 is 1. The molecular formula is C15H15NO4. The number of terminal acetylenes is 1. The van der Waals surface area contributed by atoms with Gasteiger partial charge in [-0.25, -0.2) is 0 Å². The number of esters is 1. The molecule has 1 saturated heterocycles. The van der Waals surface area contributed by atoms with Crippen LogP contribution >= 0.6 is 0 Å². The Morgan fingerprint density at radius 1 is 1.50 bits per heavy atom. The lowest BCUT2D eigenvalue weighted by atomic mass is 10.1. The molecule has 0 N–H and O–H groups in total. The largest absolute Gasteiger partial charge is 0.479 e. The summed E-state index contributed by atoms with van der Waals surface area (Å²) in [5.41, 5.74) is 0.624. The third-order valence-electron chi connectivity index (χ3n) is 3.13. The van der Waals surface area contributed by atoms with Crippen molar-refractivity contribution in [3.63, 3.8) is 0 Å². The summed E-state index contributed by atoms with van der Waals surface area (Å²) in [6.07, 6.45) is 5.32. The maximum Gasteiger partial charge on any atom is 0.311 e. The Labute approximate surface area is 117 Å². The van der Waals surface area contributed by atoms with Crippen LogP contribution < -0.4 is 9.64 Å². The zero-order valence-corrected chi connectivity index (χ0v) is 11.2. The second-order valence-electron chi connectivity index (χ2n) is 4.39. The molecule has 1 atom stereocenters. The van der Waals surface area contributed by atoms with Gasteiger partial charge in [0.25, 0.3) is 0 Å². The maximum atomic E-state index is 12.1. The van der Waals surface area contributed by atoms with Crippen molar-refractivity contribution in [3.05, 3.63) is 24.3 Å². The van der Waals surface area contributed by atoms with E-state index in [1.54, 1.807) is 24.3 Å². The van der Waals surface area contributed by atoms with Gasteiger partial charge in [-0.1, -0.05) is 18.1 Å². The van der Waals surface area contributed by atoms with E-state index in [0.29, 0.717) is 18.0 Å². The van der Waals surface area contributed by atoms with Gasteiger partial charge in [0.15, 0.2) is 0 Å². The highest BCUT2D eigenvalue weighted by Gasteiger charge is 2.36. The highest BCUT2D eigenvalue weighted by molar-refractivity contribution is 6.00. The van der Waals surface area contributed by atoms with Gasteiger partial charge in [-0.3, -0.25) is 9.59 Å². The fraction of sp³-hybridized carbons (Fsp3) is 0.333. The molecule has 1 fully saturated rings. The van der Waals surface area contributed by atoms with Gasteiger partial charge >= 0.3 is 5.97 Å². The molecule has 5 heteroatoms. The Hall–Kier alpha value is -2.48. The molecule has 1 heterocycles. The Morgan fingerprint density at radius 2 is 2.25 bits per heavy atom. The first-order chi connectivity index (χ1) is 9.67. The first-order valence-electron chi connectivity index (χ1n) is 6.21. The lowest BCUT2D eigenvalue weighted by molar-refractivity contribution is -0.145. The lowest BCUT2D eigenvalue weighted by Gasteiger charge is -2.19. The molecule has 0 radical (unpaired) electrons. The van der Waals surface area contributed by atoms with Gasteiger partial charge in [0.05, 0.1) is 18.7 Å². The van der Waals surface area contributed by atoms with Crippen LogP contribution in [0.4, 0.5) is 5.69 Å². The molecule has 104 valence electrons. The first-order valence-corrected chi connectivity index (χ1v) is 6.21. The van der Waals surface area contributed by atoms with E-state index in [-0.39, 0.29) is 24.9 Å². The van der Waals surface area contributed by atoms with Crippen molar-refractivity contribution in [2.24, 2.45) is 5.92 Å². The third kappa shape index (κ3) is 2.75. The van der Waals surface area contributed by atoms with E-state index >= 15 is 0 Å². The maximum absolute atomic E-state index is 12.1. The molecular weight excluding hydrogens is 258 g/mol. The summed E-state index contributed by atoms with van der Waals surface area (Å²) in [6.45, 7) is 0.418. The molecule has 2 rings (SSSR count). The molecule has 0 bridgehead atoms. The van der Waals surface area contributed by atoms with E-state index < -0.39 is 5.92 Å². The van der Waals surface area contributed by atoms with Gasteiger partial charge in [-0.05, 0) is 12.1 Å². The summed E-state index contributed by atoms with van der Waals surface area (Å²) in [7, 11) is 1.32. The van der Waals surface area contributed by atoms with Crippen LogP contribution in [0.3, 0.4) is 0 Å². The van der Waals surface area contributed by atoms with Gasteiger partial charge in [0, 0.05) is 13.0 Å². The molecule has 0 spiro atoms. The molecule has 1 unspecified atom stereocenters. The topological polar surface area (TPSA) is 55.8 Å². The Morgan fingerprint density at radius 3 is 2.95 bits per heavy atom.